The van der Waals surface area contributed by atoms with E-state index in [0.29, 0.717) is 44.3 Å². The molecule has 0 spiro atoms. The van der Waals surface area contributed by atoms with Gasteiger partial charge in [0.25, 0.3) is 0 Å². The fourth-order valence-corrected chi connectivity index (χ4v) is 7.74. The van der Waals surface area contributed by atoms with Crippen LogP contribution in [0, 0.1) is 17.8 Å². The lowest BCUT2D eigenvalue weighted by Crippen LogP contribution is -2.46. The summed E-state index contributed by atoms with van der Waals surface area (Å²) >= 11 is 3.49. The number of aromatic hydroxyl groups is 1. The van der Waals surface area contributed by atoms with Crippen molar-refractivity contribution in [2.24, 2.45) is 17.8 Å². The first kappa shape index (κ1) is 34.9. The van der Waals surface area contributed by atoms with Gasteiger partial charge in [-0.1, -0.05) is 65.5 Å². The first-order valence-corrected chi connectivity index (χ1v) is 17.4. The number of amides is 2. The molecule has 4 atom stereocenters. The number of phenolic OH excluding ortho intramolecular Hbond substituents is 1. The van der Waals surface area contributed by atoms with Crippen LogP contribution in [-0.4, -0.2) is 64.3 Å². The van der Waals surface area contributed by atoms with E-state index in [0.717, 1.165) is 39.6 Å². The number of carboxylic acid groups (broad SMARTS) is 1. The molecule has 0 saturated carbocycles. The number of ether oxygens (including phenoxy) is 1. The minimum Gasteiger partial charge on any atom is -0.507 e. The third-order valence-electron chi connectivity index (χ3n) is 9.48. The highest BCUT2D eigenvalue weighted by atomic mass is 79.9. The Hall–Kier alpha value is -3.41. The van der Waals surface area contributed by atoms with Crippen LogP contribution < -0.4 is 4.74 Å². The zero-order chi connectivity index (χ0) is 33.5. The molecule has 0 radical (unpaired) electrons. The third kappa shape index (κ3) is 8.55. The molecule has 2 heterocycles. The Morgan fingerprint density at radius 2 is 1.85 bits per heavy atom. The summed E-state index contributed by atoms with van der Waals surface area (Å²) < 4.78 is 13.3. The summed E-state index contributed by atoms with van der Waals surface area (Å²) in [6.45, 7) is 2.61. The van der Waals surface area contributed by atoms with Crippen molar-refractivity contribution in [3.8, 4) is 11.5 Å². The van der Waals surface area contributed by atoms with Crippen molar-refractivity contribution >= 4 is 46.9 Å². The number of phenols is 1. The second-order valence-electron chi connectivity index (χ2n) is 12.7. The van der Waals surface area contributed by atoms with Crippen LogP contribution >= 0.6 is 15.9 Å². The number of carbonyl (C=O) groups is 3. The lowest BCUT2D eigenvalue weighted by atomic mass is 9.58. The van der Waals surface area contributed by atoms with Crippen LogP contribution in [0.1, 0.15) is 70.3 Å². The standard InChI is InChI=1S/C36H43BBrNO8/c1-2-9-23(18-24-19-26(38)14-15-30(24)40)13-16-31-33-25(22-46-27-10-5-3-6-11-27)20-28-34(29(33)21-37(45)47-31)36(44)39(35(28)43)17-8-4-7-12-32(41)42/h3,5-6,10-11,14-15,18-19,28-29,31,34,40,45H,2,4,7-9,12-13,16-17,20-22H2,1H3,(H,41,42)/b23-18+/t28-,29+,31-,34-/m1/s1. The van der Waals surface area contributed by atoms with Gasteiger partial charge in [-0.3, -0.25) is 19.3 Å². The summed E-state index contributed by atoms with van der Waals surface area (Å²) in [6.07, 6.45) is 6.82. The van der Waals surface area contributed by atoms with E-state index in [2.05, 4.69) is 22.9 Å². The molecule has 1 aliphatic carbocycles. The fraction of sp³-hybridized carbons (Fsp3) is 0.472. The van der Waals surface area contributed by atoms with Crippen molar-refractivity contribution in [3.05, 3.63) is 75.3 Å². The average Bonchev–Trinajstić information content (AvgIpc) is 3.28. The van der Waals surface area contributed by atoms with Crippen LogP contribution in [-0.2, 0) is 19.0 Å². The van der Waals surface area contributed by atoms with Gasteiger partial charge in [0.05, 0.1) is 17.9 Å². The molecule has 2 aromatic rings. The first-order valence-electron chi connectivity index (χ1n) is 16.6. The maximum Gasteiger partial charge on any atom is 0.455 e. The average molecular weight is 708 g/mol. The number of allylic oxidation sites excluding steroid dienone is 1. The van der Waals surface area contributed by atoms with Crippen molar-refractivity contribution in [1.82, 2.24) is 4.90 Å². The molecule has 0 unspecified atom stereocenters. The van der Waals surface area contributed by atoms with Gasteiger partial charge in [-0.25, -0.2) is 0 Å². The smallest absolute Gasteiger partial charge is 0.455 e. The number of fused-ring (bicyclic) bond motifs is 3. The second kappa shape index (κ2) is 16.1. The van der Waals surface area contributed by atoms with Crippen molar-refractivity contribution in [2.45, 2.75) is 77.1 Å². The molecule has 3 N–H and O–H groups in total. The molecule has 0 aromatic heterocycles. The van der Waals surface area contributed by atoms with Crippen LogP contribution in [0.4, 0.5) is 0 Å². The number of halogens is 1. The Kier molecular flexibility index (Phi) is 12.0. The van der Waals surface area contributed by atoms with Gasteiger partial charge in [-0.05, 0) is 92.2 Å². The number of hydrogen-bond donors (Lipinski definition) is 3. The van der Waals surface area contributed by atoms with E-state index >= 15 is 0 Å². The van der Waals surface area contributed by atoms with Crippen LogP contribution in [0.5, 0.6) is 11.5 Å². The number of aliphatic carboxylic acids is 1. The highest BCUT2D eigenvalue weighted by Gasteiger charge is 2.57. The SMILES string of the molecule is CCC/C(=C\c1cc(Br)ccc1O)CC[C@H]1OB(O)C[C@H]2C1=C(COc1ccccc1)C[C@H]1C(=O)N(CCCCCC(=O)O)C(=O)[C@H]12. The van der Waals surface area contributed by atoms with Crippen molar-refractivity contribution in [3.63, 3.8) is 0 Å². The molecule has 3 aliphatic rings. The molecular formula is C36H43BBrNO8. The Morgan fingerprint density at radius 3 is 2.60 bits per heavy atom. The van der Waals surface area contributed by atoms with E-state index < -0.39 is 31.0 Å². The Labute approximate surface area is 284 Å². The van der Waals surface area contributed by atoms with Gasteiger partial charge >= 0.3 is 13.1 Å². The minimum atomic E-state index is -1.08. The normalized spacial score (nSPS) is 22.8. The summed E-state index contributed by atoms with van der Waals surface area (Å²) in [5, 5.41) is 30.4. The van der Waals surface area contributed by atoms with E-state index in [-0.39, 0.29) is 49.4 Å². The molecule has 2 saturated heterocycles. The topological polar surface area (TPSA) is 134 Å². The predicted molar refractivity (Wildman–Crippen MR) is 182 cm³/mol. The quantitative estimate of drug-likeness (QED) is 0.0812. The van der Waals surface area contributed by atoms with Crippen molar-refractivity contribution in [2.75, 3.05) is 13.2 Å². The summed E-state index contributed by atoms with van der Waals surface area (Å²) in [5.74, 6) is -1.85. The minimum absolute atomic E-state index is 0.0613. The number of rotatable bonds is 15. The van der Waals surface area contributed by atoms with Gasteiger partial charge in [-0.15, -0.1) is 0 Å². The van der Waals surface area contributed by atoms with Crippen LogP contribution in [0.2, 0.25) is 6.32 Å². The summed E-state index contributed by atoms with van der Waals surface area (Å²) in [6, 6.07) is 14.8. The Bertz CT molecular complexity index is 1510. The van der Waals surface area contributed by atoms with Gasteiger partial charge in [0, 0.05) is 23.0 Å². The molecule has 0 bridgehead atoms. The number of unbranched alkanes of at least 4 members (excludes halogenated alkanes) is 2. The van der Waals surface area contributed by atoms with Gasteiger partial charge in [0.2, 0.25) is 11.8 Å². The number of benzene rings is 2. The summed E-state index contributed by atoms with van der Waals surface area (Å²) in [7, 11) is -1.08. The second-order valence-corrected chi connectivity index (χ2v) is 13.7. The Balaban J connectivity index is 1.41. The number of imide groups is 1. The van der Waals surface area contributed by atoms with Crippen molar-refractivity contribution in [1.29, 1.82) is 0 Å². The maximum atomic E-state index is 13.9. The number of carbonyl (C=O) groups excluding carboxylic acids is 2. The Morgan fingerprint density at radius 1 is 1.06 bits per heavy atom. The van der Waals surface area contributed by atoms with Crippen LogP contribution in [0.25, 0.3) is 6.08 Å². The zero-order valence-corrected chi connectivity index (χ0v) is 28.4. The van der Waals surface area contributed by atoms with E-state index in [1.54, 1.807) is 12.1 Å². The predicted octanol–water partition coefficient (Wildman–Crippen LogP) is 6.64. The highest BCUT2D eigenvalue weighted by Crippen LogP contribution is 2.51. The molecule has 9 nitrogen and oxygen atoms in total. The van der Waals surface area contributed by atoms with Crippen molar-refractivity contribution < 1.29 is 39.0 Å². The summed E-state index contributed by atoms with van der Waals surface area (Å²) in [4.78, 5) is 39.9. The highest BCUT2D eigenvalue weighted by molar-refractivity contribution is 9.10. The van der Waals surface area contributed by atoms with E-state index in [1.807, 2.05) is 42.5 Å². The monoisotopic (exact) mass is 707 g/mol. The first-order chi connectivity index (χ1) is 22.7. The molecule has 2 aromatic carbocycles. The van der Waals surface area contributed by atoms with E-state index in [4.69, 9.17) is 14.5 Å². The lowest BCUT2D eigenvalue weighted by molar-refractivity contribution is -0.141. The molecule has 2 aliphatic heterocycles. The maximum absolute atomic E-state index is 13.9. The fourth-order valence-electron chi connectivity index (χ4n) is 7.36. The lowest BCUT2D eigenvalue weighted by Gasteiger charge is -2.43. The molecule has 47 heavy (non-hydrogen) atoms. The number of para-hydroxylation sites is 1. The zero-order valence-electron chi connectivity index (χ0n) is 26.8. The van der Waals surface area contributed by atoms with Gasteiger partial charge in [0.15, 0.2) is 0 Å². The molecular weight excluding hydrogens is 665 g/mol. The van der Waals surface area contributed by atoms with Gasteiger partial charge in [-0.2, -0.15) is 0 Å². The van der Waals surface area contributed by atoms with Crippen LogP contribution in [0.3, 0.4) is 0 Å². The largest absolute Gasteiger partial charge is 0.507 e. The van der Waals surface area contributed by atoms with Gasteiger partial charge in [0.1, 0.15) is 18.1 Å². The number of nitrogens with zero attached hydrogens (tertiary/aromatic N) is 1. The number of hydrogen-bond acceptors (Lipinski definition) is 7. The van der Waals surface area contributed by atoms with Crippen LogP contribution in [0.15, 0.2) is 69.7 Å². The van der Waals surface area contributed by atoms with E-state index in [1.165, 1.54) is 4.90 Å². The van der Waals surface area contributed by atoms with E-state index in [9.17, 15) is 24.5 Å². The molecule has 2 amide bonds. The number of carboxylic acids is 1. The molecule has 5 rings (SSSR count). The van der Waals surface area contributed by atoms with Gasteiger partial charge < -0.3 is 24.6 Å². The molecule has 2 fully saturated rings. The molecule has 11 heteroatoms. The molecule has 250 valence electrons. The number of likely N-dealkylation sites (tertiary alicyclic amines) is 1. The third-order valence-corrected chi connectivity index (χ3v) is 9.97. The summed E-state index contributed by atoms with van der Waals surface area (Å²) in [5.41, 5.74) is 3.75.